The Kier molecular flexibility index (Phi) is 4.44. The molecule has 3 heteroatoms. The Morgan fingerprint density at radius 1 is 1.33 bits per heavy atom. The highest BCUT2D eigenvalue weighted by Crippen LogP contribution is 2.34. The largest absolute Gasteiger partial charge is 0.325 e. The molecule has 0 aromatic heterocycles. The van der Waals surface area contributed by atoms with Crippen molar-refractivity contribution >= 4 is 15.9 Å². The Labute approximate surface area is 117 Å². The van der Waals surface area contributed by atoms with Crippen LogP contribution in [0.4, 0.5) is 4.39 Å². The van der Waals surface area contributed by atoms with E-state index in [-0.39, 0.29) is 11.4 Å². The third-order valence-electron chi connectivity index (χ3n) is 4.16. The van der Waals surface area contributed by atoms with Crippen molar-refractivity contribution in [1.29, 1.82) is 0 Å². The van der Waals surface area contributed by atoms with Gasteiger partial charge in [0.15, 0.2) is 0 Å². The summed E-state index contributed by atoms with van der Waals surface area (Å²) in [7, 11) is 0. The summed E-state index contributed by atoms with van der Waals surface area (Å²) in [6.07, 6.45) is 6.56. The maximum absolute atomic E-state index is 13.4. The molecule has 2 N–H and O–H groups in total. The third kappa shape index (κ3) is 3.55. The van der Waals surface area contributed by atoms with Gasteiger partial charge in [-0.05, 0) is 61.8 Å². The molecule has 1 saturated carbocycles. The van der Waals surface area contributed by atoms with Gasteiger partial charge in [0.1, 0.15) is 5.82 Å². The van der Waals surface area contributed by atoms with E-state index in [0.717, 1.165) is 35.2 Å². The minimum Gasteiger partial charge on any atom is -0.325 e. The van der Waals surface area contributed by atoms with Crippen LogP contribution in [0.15, 0.2) is 22.7 Å². The summed E-state index contributed by atoms with van der Waals surface area (Å²) < 4.78 is 14.1. The van der Waals surface area contributed by atoms with E-state index >= 15 is 0 Å². The molecule has 18 heavy (non-hydrogen) atoms. The fourth-order valence-corrected chi connectivity index (χ4v) is 3.47. The topological polar surface area (TPSA) is 26.0 Å². The molecule has 0 unspecified atom stereocenters. The molecule has 1 aromatic rings. The van der Waals surface area contributed by atoms with Crippen LogP contribution in [-0.4, -0.2) is 5.54 Å². The zero-order chi connectivity index (χ0) is 13.2. The van der Waals surface area contributed by atoms with Crippen molar-refractivity contribution in [1.82, 2.24) is 0 Å². The number of hydrogen-bond donors (Lipinski definition) is 1. The summed E-state index contributed by atoms with van der Waals surface area (Å²) in [4.78, 5) is 0. The molecule has 1 aliphatic rings. The first-order valence-corrected chi connectivity index (χ1v) is 7.54. The Hall–Kier alpha value is -0.410. The van der Waals surface area contributed by atoms with Gasteiger partial charge < -0.3 is 5.73 Å². The van der Waals surface area contributed by atoms with E-state index in [9.17, 15) is 4.39 Å². The predicted molar refractivity (Wildman–Crippen MR) is 77.0 cm³/mol. The van der Waals surface area contributed by atoms with Gasteiger partial charge >= 0.3 is 0 Å². The second-order valence-corrected chi connectivity index (χ2v) is 6.58. The lowest BCUT2D eigenvalue weighted by molar-refractivity contribution is 0.228. The van der Waals surface area contributed by atoms with Gasteiger partial charge in [0.2, 0.25) is 0 Å². The molecule has 0 amide bonds. The minimum absolute atomic E-state index is 0.140. The fraction of sp³-hybridized carbons (Fsp3) is 0.600. The second-order valence-electron chi connectivity index (χ2n) is 5.67. The Balaban J connectivity index is 2.04. The van der Waals surface area contributed by atoms with Gasteiger partial charge in [0, 0.05) is 10.0 Å². The Bertz CT molecular complexity index is 391. The highest BCUT2D eigenvalue weighted by atomic mass is 79.9. The van der Waals surface area contributed by atoms with Crippen LogP contribution in [0.2, 0.25) is 0 Å². The van der Waals surface area contributed by atoms with Crippen LogP contribution < -0.4 is 5.73 Å². The van der Waals surface area contributed by atoms with E-state index < -0.39 is 0 Å². The smallest absolute Gasteiger partial charge is 0.124 e. The molecule has 1 aromatic carbocycles. The number of halogens is 2. The molecular formula is C15H21BrFN. The minimum atomic E-state index is -0.190. The first-order valence-electron chi connectivity index (χ1n) is 6.74. The van der Waals surface area contributed by atoms with E-state index in [1.54, 1.807) is 6.07 Å². The summed E-state index contributed by atoms with van der Waals surface area (Å²) in [6, 6.07) is 5.07. The molecule has 0 aliphatic heterocycles. The van der Waals surface area contributed by atoms with Crippen LogP contribution in [0, 0.1) is 11.7 Å². The Morgan fingerprint density at radius 3 is 2.56 bits per heavy atom. The maximum atomic E-state index is 13.4. The van der Waals surface area contributed by atoms with Gasteiger partial charge in [-0.2, -0.15) is 0 Å². The van der Waals surface area contributed by atoms with Gasteiger partial charge in [-0.25, -0.2) is 4.39 Å². The summed E-state index contributed by atoms with van der Waals surface area (Å²) in [5, 5.41) is 0. The highest BCUT2D eigenvalue weighted by molar-refractivity contribution is 9.10. The number of benzene rings is 1. The number of nitrogens with two attached hydrogens (primary N) is 1. The van der Waals surface area contributed by atoms with Crippen LogP contribution in [-0.2, 0) is 6.42 Å². The Morgan fingerprint density at radius 2 is 2.00 bits per heavy atom. The van der Waals surface area contributed by atoms with Gasteiger partial charge in [0.05, 0.1) is 0 Å². The van der Waals surface area contributed by atoms with Crippen LogP contribution in [0.3, 0.4) is 0 Å². The van der Waals surface area contributed by atoms with Gasteiger partial charge in [-0.1, -0.05) is 29.3 Å². The number of rotatable bonds is 3. The lowest BCUT2D eigenvalue weighted by Crippen LogP contribution is -2.45. The molecule has 0 spiro atoms. The molecule has 0 atom stereocenters. The fourth-order valence-electron chi connectivity index (χ4n) is 2.96. The quantitative estimate of drug-likeness (QED) is 0.877. The first kappa shape index (κ1) is 14.0. The normalized spacial score (nSPS) is 28.3. The van der Waals surface area contributed by atoms with Crippen LogP contribution in [0.1, 0.15) is 44.6 Å². The van der Waals surface area contributed by atoms with Gasteiger partial charge in [0.25, 0.3) is 0 Å². The van der Waals surface area contributed by atoms with Gasteiger partial charge in [-0.15, -0.1) is 0 Å². The zero-order valence-corrected chi connectivity index (χ0v) is 12.5. The average molecular weight is 314 g/mol. The van der Waals surface area contributed by atoms with Crippen molar-refractivity contribution in [3.8, 4) is 0 Å². The highest BCUT2D eigenvalue weighted by Gasteiger charge is 2.31. The second kappa shape index (κ2) is 5.70. The predicted octanol–water partition coefficient (Wildman–Crippen LogP) is 4.43. The van der Waals surface area contributed by atoms with E-state index in [2.05, 4.69) is 22.9 Å². The lowest BCUT2D eigenvalue weighted by Gasteiger charge is -2.37. The van der Waals surface area contributed by atoms with Crippen molar-refractivity contribution < 1.29 is 4.39 Å². The van der Waals surface area contributed by atoms with Crippen molar-refractivity contribution in [2.45, 2.75) is 51.0 Å². The third-order valence-corrected chi connectivity index (χ3v) is 4.61. The van der Waals surface area contributed by atoms with E-state index in [1.807, 2.05) is 6.07 Å². The molecule has 0 bridgehead atoms. The van der Waals surface area contributed by atoms with Gasteiger partial charge in [-0.3, -0.25) is 0 Å². The van der Waals surface area contributed by atoms with E-state index in [4.69, 9.17) is 5.73 Å². The summed E-state index contributed by atoms with van der Waals surface area (Å²) in [5.74, 6) is 0.645. The van der Waals surface area contributed by atoms with Crippen LogP contribution in [0.25, 0.3) is 0 Å². The van der Waals surface area contributed by atoms with Crippen LogP contribution in [0.5, 0.6) is 0 Å². The van der Waals surface area contributed by atoms with Crippen molar-refractivity contribution in [2.75, 3.05) is 0 Å². The van der Waals surface area contributed by atoms with E-state index in [0.29, 0.717) is 0 Å². The molecule has 0 heterocycles. The standard InChI is InChI=1S/C15H21BrFN/c1-2-11-3-5-15(18,6-4-11)10-12-7-13(16)9-14(17)8-12/h7-9,11H,2-6,10,18H2,1H3. The maximum Gasteiger partial charge on any atom is 0.124 e. The molecule has 100 valence electrons. The zero-order valence-electron chi connectivity index (χ0n) is 10.9. The SMILES string of the molecule is CCC1CCC(N)(Cc2cc(F)cc(Br)c2)CC1. The van der Waals surface area contributed by atoms with Crippen molar-refractivity contribution in [2.24, 2.45) is 11.7 Å². The molecular weight excluding hydrogens is 293 g/mol. The average Bonchev–Trinajstić information content (AvgIpc) is 2.28. The summed E-state index contributed by atoms with van der Waals surface area (Å²) in [6.45, 7) is 2.25. The van der Waals surface area contributed by atoms with E-state index in [1.165, 1.54) is 25.3 Å². The molecule has 0 saturated heterocycles. The van der Waals surface area contributed by atoms with Crippen LogP contribution >= 0.6 is 15.9 Å². The molecule has 2 rings (SSSR count). The molecule has 0 radical (unpaired) electrons. The van der Waals surface area contributed by atoms with Crippen molar-refractivity contribution in [3.63, 3.8) is 0 Å². The summed E-state index contributed by atoms with van der Waals surface area (Å²) in [5.41, 5.74) is 7.33. The molecule has 1 fully saturated rings. The molecule has 1 nitrogen and oxygen atoms in total. The first-order chi connectivity index (χ1) is 8.50. The van der Waals surface area contributed by atoms with Crippen molar-refractivity contribution in [3.05, 3.63) is 34.1 Å². The summed E-state index contributed by atoms with van der Waals surface area (Å²) >= 11 is 3.34. The monoisotopic (exact) mass is 313 g/mol. The molecule has 1 aliphatic carbocycles. The number of hydrogen-bond acceptors (Lipinski definition) is 1. The lowest BCUT2D eigenvalue weighted by atomic mass is 9.73.